The number of fused-ring (bicyclic) bond motifs is 1. The van der Waals surface area contributed by atoms with Gasteiger partial charge in [-0.05, 0) is 81.5 Å². The Kier molecular flexibility index (Phi) is 11.9. The Labute approximate surface area is 255 Å². The van der Waals surface area contributed by atoms with E-state index in [0.717, 1.165) is 56.5 Å². The van der Waals surface area contributed by atoms with Crippen LogP contribution in [0.4, 0.5) is 0 Å². The highest BCUT2D eigenvalue weighted by molar-refractivity contribution is 5.90. The van der Waals surface area contributed by atoms with E-state index in [-0.39, 0.29) is 35.7 Å². The van der Waals surface area contributed by atoms with Gasteiger partial charge in [0.15, 0.2) is 0 Å². The fraction of sp³-hybridized carbons (Fsp3) is 0.722. The molecule has 6 nitrogen and oxygen atoms in total. The van der Waals surface area contributed by atoms with Gasteiger partial charge < -0.3 is 20.5 Å². The van der Waals surface area contributed by atoms with Crippen LogP contribution in [0.1, 0.15) is 122 Å². The van der Waals surface area contributed by atoms with Crippen molar-refractivity contribution in [2.24, 2.45) is 17.8 Å². The number of aromatic amines is 1. The maximum absolute atomic E-state index is 14.2. The van der Waals surface area contributed by atoms with Gasteiger partial charge >= 0.3 is 0 Å². The number of likely N-dealkylation sites (tertiary alicyclic amines) is 1. The number of hydrogen-bond acceptors (Lipinski definition) is 3. The summed E-state index contributed by atoms with van der Waals surface area (Å²) in [6.45, 7) is 11.6. The second kappa shape index (κ2) is 15.4. The van der Waals surface area contributed by atoms with E-state index in [2.05, 4.69) is 72.6 Å². The number of amides is 2. The molecule has 0 bridgehead atoms. The van der Waals surface area contributed by atoms with Crippen molar-refractivity contribution >= 4 is 22.7 Å². The summed E-state index contributed by atoms with van der Waals surface area (Å²) in [5.41, 5.74) is 3.71. The smallest absolute Gasteiger partial charge is 0.245 e. The summed E-state index contributed by atoms with van der Waals surface area (Å²) in [6, 6.07) is 5.97. The van der Waals surface area contributed by atoms with Crippen LogP contribution in [-0.2, 0) is 9.59 Å². The Balaban J connectivity index is 0.000000507. The van der Waals surface area contributed by atoms with Crippen LogP contribution in [0.15, 0.2) is 24.4 Å². The van der Waals surface area contributed by atoms with Gasteiger partial charge in [0.25, 0.3) is 0 Å². The third kappa shape index (κ3) is 7.78. The Morgan fingerprint density at radius 3 is 2.26 bits per heavy atom. The number of hydrogen-bond donors (Lipinski definition) is 3. The zero-order chi connectivity index (χ0) is 30.2. The van der Waals surface area contributed by atoms with Gasteiger partial charge in [0.05, 0.1) is 6.04 Å². The number of aryl methyl sites for hydroxylation is 1. The van der Waals surface area contributed by atoms with Gasteiger partial charge in [0.1, 0.15) is 6.04 Å². The largest absolute Gasteiger partial charge is 0.361 e. The predicted molar refractivity (Wildman–Crippen MR) is 175 cm³/mol. The first-order valence-electron chi connectivity index (χ1n) is 17.1. The lowest BCUT2D eigenvalue weighted by atomic mass is 9.81. The van der Waals surface area contributed by atoms with Crippen molar-refractivity contribution < 1.29 is 9.59 Å². The van der Waals surface area contributed by atoms with Gasteiger partial charge in [-0.25, -0.2) is 0 Å². The van der Waals surface area contributed by atoms with Crippen molar-refractivity contribution in [2.45, 2.75) is 136 Å². The van der Waals surface area contributed by atoms with Crippen LogP contribution >= 0.6 is 0 Å². The van der Waals surface area contributed by atoms with E-state index in [1.54, 1.807) is 7.05 Å². The molecule has 0 spiro atoms. The number of carbonyl (C=O) groups excluding carboxylic acids is 2. The molecule has 1 aromatic carbocycles. The maximum atomic E-state index is 14.2. The molecule has 3 N–H and O–H groups in total. The monoisotopic (exact) mass is 578 g/mol. The molecule has 5 atom stereocenters. The first-order valence-corrected chi connectivity index (χ1v) is 17.1. The molecule has 1 aliphatic heterocycles. The minimum absolute atomic E-state index is 0.0840. The molecule has 1 aromatic heterocycles. The molecule has 42 heavy (non-hydrogen) atoms. The molecule has 2 heterocycles. The van der Waals surface area contributed by atoms with Crippen molar-refractivity contribution in [3.05, 3.63) is 35.5 Å². The average molecular weight is 579 g/mol. The Morgan fingerprint density at radius 2 is 1.67 bits per heavy atom. The van der Waals surface area contributed by atoms with Crippen LogP contribution in [0.5, 0.6) is 0 Å². The Bertz CT molecular complexity index is 1150. The van der Waals surface area contributed by atoms with Crippen LogP contribution < -0.4 is 10.6 Å². The number of benzene rings is 1. The topological polar surface area (TPSA) is 77.2 Å². The molecular weight excluding hydrogens is 520 g/mol. The molecule has 1 saturated heterocycles. The lowest BCUT2D eigenvalue weighted by Crippen LogP contribution is -2.57. The van der Waals surface area contributed by atoms with E-state index < -0.39 is 6.04 Å². The lowest BCUT2D eigenvalue weighted by Gasteiger charge is -2.38. The summed E-state index contributed by atoms with van der Waals surface area (Å²) in [5, 5.41) is 7.46. The van der Waals surface area contributed by atoms with Gasteiger partial charge in [-0.2, -0.15) is 0 Å². The van der Waals surface area contributed by atoms with E-state index in [1.807, 2.05) is 6.92 Å². The van der Waals surface area contributed by atoms with E-state index in [4.69, 9.17) is 0 Å². The van der Waals surface area contributed by atoms with Crippen molar-refractivity contribution in [1.29, 1.82) is 0 Å². The Morgan fingerprint density at radius 1 is 1.00 bits per heavy atom. The highest BCUT2D eigenvalue weighted by Crippen LogP contribution is 2.41. The SMILES string of the molecule is CC1CCCCC1.CC[C@H](c1c[nH]c2cc(C)ccc12)[C@@H]1[C@H](C)CCN1C(=O)C(NC(=O)[C@H](C)NC)C1CCCCC1. The zero-order valence-electron chi connectivity index (χ0n) is 27.3. The van der Waals surface area contributed by atoms with Crippen LogP contribution in [0.3, 0.4) is 0 Å². The van der Waals surface area contributed by atoms with Crippen LogP contribution in [0.2, 0.25) is 0 Å². The van der Waals surface area contributed by atoms with Crippen molar-refractivity contribution in [1.82, 2.24) is 20.5 Å². The van der Waals surface area contributed by atoms with Gasteiger partial charge in [0, 0.05) is 35.6 Å². The van der Waals surface area contributed by atoms with Gasteiger partial charge in [0.2, 0.25) is 11.8 Å². The summed E-state index contributed by atoms with van der Waals surface area (Å²) in [5.74, 6) is 1.96. The number of aromatic nitrogens is 1. The van der Waals surface area contributed by atoms with Crippen LogP contribution in [0.25, 0.3) is 10.9 Å². The number of nitrogens with one attached hydrogen (secondary N) is 3. The summed E-state index contributed by atoms with van der Waals surface area (Å²) in [4.78, 5) is 32.7. The molecule has 2 aromatic rings. The number of carbonyl (C=O) groups is 2. The van der Waals surface area contributed by atoms with E-state index in [0.29, 0.717) is 5.92 Å². The van der Waals surface area contributed by atoms with E-state index in [1.165, 1.54) is 55.0 Å². The molecule has 1 unspecified atom stereocenters. The second-order valence-electron chi connectivity index (χ2n) is 13.7. The van der Waals surface area contributed by atoms with Gasteiger partial charge in [-0.3, -0.25) is 9.59 Å². The minimum atomic E-state index is -0.436. The number of likely N-dealkylation sites (N-methyl/N-ethyl adjacent to an activating group) is 1. The first-order chi connectivity index (χ1) is 20.2. The van der Waals surface area contributed by atoms with Crippen molar-refractivity contribution in [3.8, 4) is 0 Å². The molecule has 3 aliphatic rings. The summed E-state index contributed by atoms with van der Waals surface area (Å²) in [6.07, 6.45) is 17.1. The van der Waals surface area contributed by atoms with Crippen LogP contribution in [-0.4, -0.2) is 53.4 Å². The quantitative estimate of drug-likeness (QED) is 0.304. The molecule has 2 amide bonds. The van der Waals surface area contributed by atoms with Crippen LogP contribution in [0, 0.1) is 24.7 Å². The molecule has 3 fully saturated rings. The fourth-order valence-electron chi connectivity index (χ4n) is 7.80. The average Bonchev–Trinajstić information content (AvgIpc) is 3.60. The van der Waals surface area contributed by atoms with Gasteiger partial charge in [-0.1, -0.05) is 84.3 Å². The minimum Gasteiger partial charge on any atom is -0.361 e. The maximum Gasteiger partial charge on any atom is 0.245 e. The zero-order valence-corrected chi connectivity index (χ0v) is 27.3. The summed E-state index contributed by atoms with van der Waals surface area (Å²) in [7, 11) is 1.79. The number of nitrogens with zero attached hydrogens (tertiary/aromatic N) is 1. The predicted octanol–water partition coefficient (Wildman–Crippen LogP) is 7.47. The third-order valence-corrected chi connectivity index (χ3v) is 10.6. The molecule has 6 heteroatoms. The molecule has 5 rings (SSSR count). The van der Waals surface area contributed by atoms with Crippen molar-refractivity contribution in [2.75, 3.05) is 13.6 Å². The highest BCUT2D eigenvalue weighted by atomic mass is 16.2. The van der Waals surface area contributed by atoms with Crippen molar-refractivity contribution in [3.63, 3.8) is 0 Å². The Hall–Kier alpha value is -2.34. The van der Waals surface area contributed by atoms with E-state index in [9.17, 15) is 9.59 Å². The molecule has 2 saturated carbocycles. The van der Waals surface area contributed by atoms with E-state index >= 15 is 0 Å². The highest BCUT2D eigenvalue weighted by Gasteiger charge is 2.44. The molecule has 234 valence electrons. The first kappa shape index (κ1) is 32.6. The lowest BCUT2D eigenvalue weighted by molar-refractivity contribution is -0.140. The molecular formula is C36H58N4O2. The fourth-order valence-corrected chi connectivity index (χ4v) is 7.80. The van der Waals surface area contributed by atoms with Gasteiger partial charge in [-0.15, -0.1) is 0 Å². The normalized spacial score (nSPS) is 24.1. The molecule has 2 aliphatic carbocycles. The molecule has 0 radical (unpaired) electrons. The number of H-pyrrole nitrogens is 1. The second-order valence-corrected chi connectivity index (χ2v) is 13.7. The third-order valence-electron chi connectivity index (χ3n) is 10.6. The summed E-state index contributed by atoms with van der Waals surface area (Å²) < 4.78 is 0. The number of rotatable bonds is 8. The standard InChI is InChI=1S/C29H44N4O2.C7H14/c1-6-22(24-17-31-25-16-18(2)12-13-23(24)25)27-19(3)14-15-33(27)29(35)26(21-10-8-7-9-11-21)32-28(34)20(4)30-5;1-7-5-3-2-4-6-7/h12-13,16-17,19-22,26-27,30-31H,6-11,14-15H2,1-5H3,(H,32,34);7H,2-6H2,1H3/t19-,20+,22-,26?,27+;/m1./s1. The summed E-state index contributed by atoms with van der Waals surface area (Å²) >= 11 is 0.